The van der Waals surface area contributed by atoms with E-state index in [4.69, 9.17) is 10.3 Å². The summed E-state index contributed by atoms with van der Waals surface area (Å²) < 4.78 is 31.4. The number of azide groups is 1. The van der Waals surface area contributed by atoms with Crippen molar-refractivity contribution in [3.05, 3.63) is 10.4 Å². The summed E-state index contributed by atoms with van der Waals surface area (Å²) in [5, 5.41) is 3.56. The van der Waals surface area contributed by atoms with Crippen molar-refractivity contribution < 1.29 is 13.2 Å². The average molecular weight is 334 g/mol. The number of sulfonamides is 1. The van der Waals surface area contributed by atoms with Crippen LogP contribution in [0.5, 0.6) is 0 Å². The van der Waals surface area contributed by atoms with Crippen molar-refractivity contribution in [2.45, 2.75) is 66.2 Å². The molecule has 0 aliphatic heterocycles. The largest absolute Gasteiger partial charge is 0.373 e. The monoisotopic (exact) mass is 334 g/mol. The summed E-state index contributed by atoms with van der Waals surface area (Å²) in [7, 11) is -3.40. The molecule has 22 heavy (non-hydrogen) atoms. The van der Waals surface area contributed by atoms with E-state index in [-0.39, 0.29) is 24.6 Å². The Balaban J connectivity index is 5.31. The van der Waals surface area contributed by atoms with Gasteiger partial charge >= 0.3 is 0 Å². The van der Waals surface area contributed by atoms with Gasteiger partial charge in [-0.2, -0.15) is 4.31 Å². The van der Waals surface area contributed by atoms with Crippen LogP contribution in [0.4, 0.5) is 0 Å². The maximum absolute atomic E-state index is 12.0. The van der Waals surface area contributed by atoms with Crippen LogP contribution >= 0.6 is 0 Å². The SMILES string of the molecule is CC(OC(CN=[N+]=[N-])CN(C(C)(C)C)S(C)(=O)=O)C(C)(C)C. The Kier molecular flexibility index (Phi) is 7.35. The van der Waals surface area contributed by atoms with Gasteiger partial charge in [0.2, 0.25) is 10.0 Å². The standard InChI is InChI=1S/C14H30N4O3S/c1-11(13(2,3)4)21-12(9-16-17-15)10-18(14(5,6)7)22(8,19)20/h11-12H,9-10H2,1-8H3. The molecule has 0 bridgehead atoms. The third-order valence-corrected chi connectivity index (χ3v) is 4.98. The number of ether oxygens (including phenoxy) is 1. The van der Waals surface area contributed by atoms with Crippen LogP contribution in [0.1, 0.15) is 48.5 Å². The lowest BCUT2D eigenvalue weighted by Gasteiger charge is -2.37. The van der Waals surface area contributed by atoms with E-state index in [1.807, 2.05) is 48.5 Å². The topological polar surface area (TPSA) is 95.4 Å². The normalized spacial score (nSPS) is 16.2. The molecule has 0 heterocycles. The number of hydrogen-bond acceptors (Lipinski definition) is 4. The van der Waals surface area contributed by atoms with Gasteiger partial charge in [-0.05, 0) is 38.6 Å². The van der Waals surface area contributed by atoms with Crippen molar-refractivity contribution in [3.8, 4) is 0 Å². The summed E-state index contributed by atoms with van der Waals surface area (Å²) in [5.41, 5.74) is 7.87. The highest BCUT2D eigenvalue weighted by molar-refractivity contribution is 7.88. The summed E-state index contributed by atoms with van der Waals surface area (Å²) in [5.74, 6) is 0. The summed E-state index contributed by atoms with van der Waals surface area (Å²) in [4.78, 5) is 2.75. The van der Waals surface area contributed by atoms with Gasteiger partial charge in [-0.3, -0.25) is 0 Å². The average Bonchev–Trinajstić information content (AvgIpc) is 2.27. The summed E-state index contributed by atoms with van der Waals surface area (Å²) in [6.45, 7) is 13.8. The van der Waals surface area contributed by atoms with E-state index in [9.17, 15) is 8.42 Å². The predicted molar refractivity (Wildman–Crippen MR) is 89.1 cm³/mol. The van der Waals surface area contributed by atoms with Crippen LogP contribution in [0.25, 0.3) is 10.4 Å². The molecular formula is C14H30N4O3S. The first-order valence-electron chi connectivity index (χ1n) is 7.33. The Morgan fingerprint density at radius 1 is 1.23 bits per heavy atom. The van der Waals surface area contributed by atoms with Gasteiger partial charge in [-0.15, -0.1) is 0 Å². The van der Waals surface area contributed by atoms with Gasteiger partial charge in [0.15, 0.2) is 0 Å². The first kappa shape index (κ1) is 21.2. The van der Waals surface area contributed by atoms with Crippen molar-refractivity contribution >= 4 is 10.0 Å². The number of rotatable bonds is 7. The van der Waals surface area contributed by atoms with Crippen LogP contribution in [0.2, 0.25) is 0 Å². The minimum atomic E-state index is -3.40. The number of hydrogen-bond donors (Lipinski definition) is 0. The molecule has 0 amide bonds. The Hall–Kier alpha value is -0.820. The highest BCUT2D eigenvalue weighted by Gasteiger charge is 2.33. The van der Waals surface area contributed by atoms with E-state index in [2.05, 4.69) is 10.0 Å². The van der Waals surface area contributed by atoms with E-state index >= 15 is 0 Å². The van der Waals surface area contributed by atoms with Crippen molar-refractivity contribution in [3.63, 3.8) is 0 Å². The lowest BCUT2D eigenvalue weighted by atomic mass is 9.90. The molecule has 0 saturated heterocycles. The molecule has 7 nitrogen and oxygen atoms in total. The highest BCUT2D eigenvalue weighted by atomic mass is 32.2. The zero-order valence-corrected chi connectivity index (χ0v) is 15.8. The van der Waals surface area contributed by atoms with Gasteiger partial charge in [0.1, 0.15) is 0 Å². The summed E-state index contributed by atoms with van der Waals surface area (Å²) >= 11 is 0. The van der Waals surface area contributed by atoms with Gasteiger partial charge in [0.25, 0.3) is 0 Å². The Bertz CT molecular complexity index is 499. The molecule has 0 aliphatic rings. The van der Waals surface area contributed by atoms with Crippen molar-refractivity contribution in [2.75, 3.05) is 19.3 Å². The van der Waals surface area contributed by atoms with E-state index in [1.54, 1.807) is 0 Å². The first-order valence-corrected chi connectivity index (χ1v) is 9.18. The van der Waals surface area contributed by atoms with Gasteiger partial charge in [-0.25, -0.2) is 8.42 Å². The molecule has 0 radical (unpaired) electrons. The molecule has 0 N–H and O–H groups in total. The zero-order valence-electron chi connectivity index (χ0n) is 15.0. The molecule has 0 aromatic heterocycles. The number of nitrogens with zero attached hydrogens (tertiary/aromatic N) is 4. The second kappa shape index (κ2) is 7.64. The van der Waals surface area contributed by atoms with E-state index in [0.29, 0.717) is 0 Å². The zero-order chi connectivity index (χ0) is 17.8. The molecule has 2 atom stereocenters. The first-order chi connectivity index (χ1) is 9.69. The molecule has 8 heteroatoms. The predicted octanol–water partition coefficient (Wildman–Crippen LogP) is 3.18. The molecule has 2 unspecified atom stereocenters. The van der Waals surface area contributed by atoms with Gasteiger partial charge in [0.05, 0.1) is 25.0 Å². The maximum Gasteiger partial charge on any atom is 0.211 e. The van der Waals surface area contributed by atoms with E-state index in [0.717, 1.165) is 0 Å². The molecule has 0 aromatic rings. The van der Waals surface area contributed by atoms with Crippen LogP contribution in [-0.2, 0) is 14.8 Å². The lowest BCUT2D eigenvalue weighted by molar-refractivity contribution is -0.0607. The smallest absolute Gasteiger partial charge is 0.211 e. The summed E-state index contributed by atoms with van der Waals surface area (Å²) in [6, 6.07) is 0. The minimum Gasteiger partial charge on any atom is -0.373 e. The van der Waals surface area contributed by atoms with Crippen LogP contribution in [0.15, 0.2) is 5.11 Å². The highest BCUT2D eigenvalue weighted by Crippen LogP contribution is 2.25. The Morgan fingerprint density at radius 3 is 2.05 bits per heavy atom. The van der Waals surface area contributed by atoms with Gasteiger partial charge < -0.3 is 4.74 Å². The van der Waals surface area contributed by atoms with Crippen LogP contribution < -0.4 is 0 Å². The fourth-order valence-electron chi connectivity index (χ4n) is 1.86. The van der Waals surface area contributed by atoms with Gasteiger partial charge in [-0.1, -0.05) is 25.9 Å². The molecule has 0 spiro atoms. The van der Waals surface area contributed by atoms with Gasteiger partial charge in [0, 0.05) is 17.0 Å². The fourth-order valence-corrected chi connectivity index (χ4v) is 3.29. The van der Waals surface area contributed by atoms with Crippen molar-refractivity contribution in [1.29, 1.82) is 0 Å². The quantitative estimate of drug-likeness (QED) is 0.406. The lowest BCUT2D eigenvalue weighted by Crippen LogP contribution is -2.50. The van der Waals surface area contributed by atoms with E-state index in [1.165, 1.54) is 10.6 Å². The Morgan fingerprint density at radius 2 is 1.73 bits per heavy atom. The maximum atomic E-state index is 12.0. The molecule has 0 rings (SSSR count). The fraction of sp³-hybridized carbons (Fsp3) is 1.00. The third-order valence-electron chi connectivity index (χ3n) is 3.48. The van der Waals surface area contributed by atoms with Crippen LogP contribution in [-0.4, -0.2) is 49.8 Å². The van der Waals surface area contributed by atoms with Crippen molar-refractivity contribution in [2.24, 2.45) is 10.5 Å². The van der Waals surface area contributed by atoms with Crippen LogP contribution in [0.3, 0.4) is 0 Å². The molecule has 0 saturated carbocycles. The molecular weight excluding hydrogens is 304 g/mol. The molecule has 0 fully saturated rings. The minimum absolute atomic E-state index is 0.0910. The van der Waals surface area contributed by atoms with Crippen LogP contribution in [0, 0.1) is 5.41 Å². The Labute approximate surface area is 134 Å². The molecule has 0 aliphatic carbocycles. The second-order valence-electron chi connectivity index (χ2n) is 7.64. The summed E-state index contributed by atoms with van der Waals surface area (Å²) in [6.07, 6.45) is 0.586. The van der Waals surface area contributed by atoms with Crippen molar-refractivity contribution in [1.82, 2.24) is 4.31 Å². The third kappa shape index (κ3) is 7.45. The molecule has 130 valence electrons. The molecule has 0 aromatic carbocycles. The second-order valence-corrected chi connectivity index (χ2v) is 9.55. The van der Waals surface area contributed by atoms with E-state index < -0.39 is 21.7 Å².